The molecule has 1 heterocycles. The quantitative estimate of drug-likeness (QED) is 0.785. The topological polar surface area (TPSA) is 58.6 Å². The molecule has 1 aromatic carbocycles. The molecule has 23 heavy (non-hydrogen) atoms. The summed E-state index contributed by atoms with van der Waals surface area (Å²) in [5.74, 6) is -0.301. The number of ether oxygens (including phenoxy) is 1. The van der Waals surface area contributed by atoms with Gasteiger partial charge in [-0.15, -0.1) is 0 Å². The van der Waals surface area contributed by atoms with Crippen LogP contribution < -0.4 is 10.2 Å². The first-order valence-electron chi connectivity index (χ1n) is 8.23. The number of hydrogen-bond acceptors (Lipinski definition) is 3. The predicted octanol–water partition coefficient (Wildman–Crippen LogP) is 2.28. The van der Waals surface area contributed by atoms with Crippen LogP contribution in [0.3, 0.4) is 0 Å². The molecule has 0 bridgehead atoms. The fourth-order valence-corrected chi connectivity index (χ4v) is 2.60. The highest BCUT2D eigenvalue weighted by Gasteiger charge is 2.34. The number of amides is 2. The van der Waals surface area contributed by atoms with Crippen LogP contribution in [0.1, 0.15) is 32.3 Å². The molecule has 1 aliphatic heterocycles. The van der Waals surface area contributed by atoms with Crippen LogP contribution in [0.15, 0.2) is 24.3 Å². The Kier molecular flexibility index (Phi) is 6.16. The van der Waals surface area contributed by atoms with Gasteiger partial charge in [-0.25, -0.2) is 0 Å². The molecule has 1 atom stereocenters. The van der Waals surface area contributed by atoms with E-state index >= 15 is 0 Å². The number of nitrogens with one attached hydrogen (secondary N) is 1. The van der Waals surface area contributed by atoms with Gasteiger partial charge in [0, 0.05) is 31.8 Å². The van der Waals surface area contributed by atoms with E-state index in [-0.39, 0.29) is 30.3 Å². The Labute approximate surface area is 138 Å². The molecule has 1 aliphatic rings. The third kappa shape index (κ3) is 5.06. The van der Waals surface area contributed by atoms with E-state index in [0.717, 1.165) is 17.7 Å². The number of carbonyl (C=O) groups excluding carboxylic acids is 2. The van der Waals surface area contributed by atoms with E-state index in [1.807, 2.05) is 45.0 Å². The fourth-order valence-electron chi connectivity index (χ4n) is 2.60. The van der Waals surface area contributed by atoms with Crippen molar-refractivity contribution in [3.8, 4) is 0 Å². The first-order valence-corrected chi connectivity index (χ1v) is 8.23. The van der Waals surface area contributed by atoms with Gasteiger partial charge < -0.3 is 15.0 Å². The van der Waals surface area contributed by atoms with Crippen molar-refractivity contribution in [2.45, 2.75) is 39.7 Å². The molecule has 0 unspecified atom stereocenters. The largest absolute Gasteiger partial charge is 0.379 e. The summed E-state index contributed by atoms with van der Waals surface area (Å²) in [6.45, 7) is 7.66. The van der Waals surface area contributed by atoms with E-state index < -0.39 is 0 Å². The van der Waals surface area contributed by atoms with Gasteiger partial charge in [0.05, 0.1) is 12.0 Å². The molecule has 0 radical (unpaired) electrons. The Bertz CT molecular complexity index is 540. The molecule has 0 aromatic heterocycles. The molecular weight excluding hydrogens is 292 g/mol. The van der Waals surface area contributed by atoms with Gasteiger partial charge >= 0.3 is 0 Å². The van der Waals surface area contributed by atoms with Crippen molar-refractivity contribution in [3.05, 3.63) is 29.8 Å². The lowest BCUT2D eigenvalue weighted by Gasteiger charge is -2.17. The summed E-state index contributed by atoms with van der Waals surface area (Å²) >= 11 is 0. The van der Waals surface area contributed by atoms with Gasteiger partial charge in [0.1, 0.15) is 0 Å². The predicted molar refractivity (Wildman–Crippen MR) is 90.4 cm³/mol. The Morgan fingerprint density at radius 2 is 2.04 bits per heavy atom. The first kappa shape index (κ1) is 17.5. The van der Waals surface area contributed by atoms with Crippen molar-refractivity contribution in [2.24, 2.45) is 5.92 Å². The molecule has 2 rings (SSSR count). The average Bonchev–Trinajstić information content (AvgIpc) is 2.89. The second-order valence-electron chi connectivity index (χ2n) is 6.31. The summed E-state index contributed by atoms with van der Waals surface area (Å²) < 4.78 is 5.44. The number of nitrogens with zero attached hydrogens (tertiary/aromatic N) is 1. The molecule has 1 fully saturated rings. The van der Waals surface area contributed by atoms with Crippen LogP contribution in [0.2, 0.25) is 0 Å². The highest BCUT2D eigenvalue weighted by Crippen LogP contribution is 2.25. The summed E-state index contributed by atoms with van der Waals surface area (Å²) in [6, 6.07) is 7.81. The lowest BCUT2D eigenvalue weighted by Crippen LogP contribution is -2.34. The molecule has 5 nitrogen and oxygen atoms in total. The normalized spacial score (nSPS) is 17.8. The van der Waals surface area contributed by atoms with E-state index in [2.05, 4.69) is 5.32 Å². The van der Waals surface area contributed by atoms with E-state index in [1.165, 1.54) is 0 Å². The zero-order valence-electron chi connectivity index (χ0n) is 14.2. The number of anilines is 1. The lowest BCUT2D eigenvalue weighted by atomic mass is 10.1. The highest BCUT2D eigenvalue weighted by atomic mass is 16.5. The minimum atomic E-state index is -0.269. The van der Waals surface area contributed by atoms with Crippen LogP contribution in [-0.4, -0.2) is 37.6 Å². The molecule has 0 aliphatic carbocycles. The highest BCUT2D eigenvalue weighted by molar-refractivity contribution is 6.00. The fraction of sp³-hybridized carbons (Fsp3) is 0.556. The molecule has 0 spiro atoms. The monoisotopic (exact) mass is 318 g/mol. The Morgan fingerprint density at radius 1 is 1.35 bits per heavy atom. The van der Waals surface area contributed by atoms with Crippen LogP contribution in [0.25, 0.3) is 0 Å². The van der Waals surface area contributed by atoms with E-state index in [4.69, 9.17) is 4.74 Å². The van der Waals surface area contributed by atoms with Crippen LogP contribution in [0.4, 0.5) is 5.69 Å². The maximum atomic E-state index is 12.2. The van der Waals surface area contributed by atoms with E-state index in [9.17, 15) is 9.59 Å². The number of aryl methyl sites for hydroxylation is 1. The summed E-state index contributed by atoms with van der Waals surface area (Å²) in [7, 11) is 0. The second-order valence-corrected chi connectivity index (χ2v) is 6.31. The summed E-state index contributed by atoms with van der Waals surface area (Å²) in [5.41, 5.74) is 2.01. The average molecular weight is 318 g/mol. The molecule has 0 saturated carbocycles. The number of rotatable bonds is 7. The minimum Gasteiger partial charge on any atom is -0.379 e. The Balaban J connectivity index is 1.80. The third-order valence-corrected chi connectivity index (χ3v) is 3.91. The van der Waals surface area contributed by atoms with Gasteiger partial charge in [0.25, 0.3) is 0 Å². The maximum Gasteiger partial charge on any atom is 0.227 e. The zero-order chi connectivity index (χ0) is 16.8. The molecule has 126 valence electrons. The van der Waals surface area contributed by atoms with Crippen molar-refractivity contribution >= 4 is 17.5 Å². The summed E-state index contributed by atoms with van der Waals surface area (Å²) in [4.78, 5) is 26.0. The zero-order valence-corrected chi connectivity index (χ0v) is 14.2. The van der Waals surface area contributed by atoms with Crippen LogP contribution in [-0.2, 0) is 14.3 Å². The van der Waals surface area contributed by atoms with Gasteiger partial charge in [-0.2, -0.15) is 0 Å². The number of carbonyl (C=O) groups is 2. The Morgan fingerprint density at radius 3 is 2.70 bits per heavy atom. The van der Waals surface area contributed by atoms with Crippen LogP contribution in [0, 0.1) is 12.8 Å². The van der Waals surface area contributed by atoms with Crippen LogP contribution >= 0.6 is 0 Å². The van der Waals surface area contributed by atoms with Gasteiger partial charge in [-0.1, -0.05) is 17.7 Å². The van der Waals surface area contributed by atoms with Gasteiger partial charge in [-0.3, -0.25) is 9.59 Å². The molecule has 1 N–H and O–H groups in total. The standard InChI is InChI=1S/C18H26N2O3/c1-13(2)23-10-4-9-19-18(22)15-11-17(21)20(12-15)16-7-5-14(3)6-8-16/h5-8,13,15H,4,9-12H2,1-3H3,(H,19,22)/t15-/m1/s1. The molecule has 5 heteroatoms. The lowest BCUT2D eigenvalue weighted by molar-refractivity contribution is -0.126. The maximum absolute atomic E-state index is 12.2. The van der Waals surface area contributed by atoms with Gasteiger partial charge in [0.15, 0.2) is 0 Å². The minimum absolute atomic E-state index is 0.0112. The van der Waals surface area contributed by atoms with Crippen molar-refractivity contribution < 1.29 is 14.3 Å². The summed E-state index contributed by atoms with van der Waals surface area (Å²) in [6.07, 6.45) is 1.27. The third-order valence-electron chi connectivity index (χ3n) is 3.91. The van der Waals surface area contributed by atoms with Crippen molar-refractivity contribution in [1.29, 1.82) is 0 Å². The van der Waals surface area contributed by atoms with E-state index in [1.54, 1.807) is 4.90 Å². The smallest absolute Gasteiger partial charge is 0.227 e. The first-order chi connectivity index (χ1) is 11.0. The van der Waals surface area contributed by atoms with Crippen molar-refractivity contribution in [1.82, 2.24) is 5.32 Å². The molecule has 2 amide bonds. The van der Waals surface area contributed by atoms with Crippen LogP contribution in [0.5, 0.6) is 0 Å². The van der Waals surface area contributed by atoms with E-state index in [0.29, 0.717) is 19.7 Å². The van der Waals surface area contributed by atoms with Gasteiger partial charge in [-0.05, 0) is 39.3 Å². The second kappa shape index (κ2) is 8.11. The SMILES string of the molecule is Cc1ccc(N2C[C@H](C(=O)NCCCOC(C)C)CC2=O)cc1. The molecule has 1 saturated heterocycles. The van der Waals surface area contributed by atoms with Crippen molar-refractivity contribution in [3.63, 3.8) is 0 Å². The molecular formula is C18H26N2O3. The number of benzene rings is 1. The van der Waals surface area contributed by atoms with Crippen molar-refractivity contribution in [2.75, 3.05) is 24.6 Å². The molecule has 1 aromatic rings. The number of hydrogen-bond donors (Lipinski definition) is 1. The Hall–Kier alpha value is -1.88. The summed E-state index contributed by atoms with van der Waals surface area (Å²) in [5, 5.41) is 2.90. The van der Waals surface area contributed by atoms with Gasteiger partial charge in [0.2, 0.25) is 11.8 Å².